The molecule has 1 fully saturated rings. The van der Waals surface area contributed by atoms with Crippen molar-refractivity contribution in [1.29, 1.82) is 0 Å². The molecule has 1 N–H and O–H groups in total. The predicted octanol–water partition coefficient (Wildman–Crippen LogP) is 1.69. The standard InChI is InChI=1S/C8H17NS/c1-9-8(5-6-10)7-3-2-4-7/h7-10H,2-6H2,1H3. The Morgan fingerprint density at radius 3 is 2.60 bits per heavy atom. The van der Waals surface area contributed by atoms with Crippen molar-refractivity contribution in [2.75, 3.05) is 12.8 Å². The molecular formula is C8H17NS. The van der Waals surface area contributed by atoms with E-state index in [1.807, 2.05) is 0 Å². The van der Waals surface area contributed by atoms with Crippen LogP contribution >= 0.6 is 12.6 Å². The summed E-state index contributed by atoms with van der Waals surface area (Å²) in [6.07, 6.45) is 5.53. The first-order valence-corrected chi connectivity index (χ1v) is 4.80. The molecule has 1 aliphatic carbocycles. The van der Waals surface area contributed by atoms with Crippen LogP contribution in [0.4, 0.5) is 0 Å². The number of nitrogens with one attached hydrogen (secondary N) is 1. The van der Waals surface area contributed by atoms with Crippen LogP contribution in [0.3, 0.4) is 0 Å². The van der Waals surface area contributed by atoms with Gasteiger partial charge in [-0.25, -0.2) is 0 Å². The largest absolute Gasteiger partial charge is 0.317 e. The summed E-state index contributed by atoms with van der Waals surface area (Å²) in [6, 6.07) is 0.742. The van der Waals surface area contributed by atoms with Crippen molar-refractivity contribution in [3.05, 3.63) is 0 Å². The van der Waals surface area contributed by atoms with Crippen LogP contribution in [0, 0.1) is 5.92 Å². The van der Waals surface area contributed by atoms with Gasteiger partial charge in [0.05, 0.1) is 0 Å². The summed E-state index contributed by atoms with van der Waals surface area (Å²) in [4.78, 5) is 0. The molecule has 10 heavy (non-hydrogen) atoms. The van der Waals surface area contributed by atoms with Crippen molar-refractivity contribution in [3.63, 3.8) is 0 Å². The number of thiol groups is 1. The van der Waals surface area contributed by atoms with Gasteiger partial charge in [0.15, 0.2) is 0 Å². The first-order chi connectivity index (χ1) is 4.88. The summed E-state index contributed by atoms with van der Waals surface area (Å²) in [5.41, 5.74) is 0. The molecule has 2 heteroatoms. The fraction of sp³-hybridized carbons (Fsp3) is 1.00. The van der Waals surface area contributed by atoms with Crippen molar-refractivity contribution in [1.82, 2.24) is 5.32 Å². The third kappa shape index (κ3) is 1.89. The minimum atomic E-state index is 0.742. The molecule has 1 unspecified atom stereocenters. The molecule has 0 saturated heterocycles. The Balaban J connectivity index is 2.17. The Morgan fingerprint density at radius 1 is 1.60 bits per heavy atom. The highest BCUT2D eigenvalue weighted by Crippen LogP contribution is 2.30. The first-order valence-electron chi connectivity index (χ1n) is 4.16. The average Bonchev–Trinajstić information content (AvgIpc) is 1.83. The van der Waals surface area contributed by atoms with E-state index in [0.29, 0.717) is 0 Å². The van der Waals surface area contributed by atoms with Crippen molar-refractivity contribution in [2.45, 2.75) is 31.7 Å². The molecule has 0 spiro atoms. The highest BCUT2D eigenvalue weighted by molar-refractivity contribution is 7.80. The predicted molar refractivity (Wildman–Crippen MR) is 48.7 cm³/mol. The van der Waals surface area contributed by atoms with Gasteiger partial charge in [-0.15, -0.1) is 0 Å². The lowest BCUT2D eigenvalue weighted by Gasteiger charge is -2.33. The molecule has 1 atom stereocenters. The van der Waals surface area contributed by atoms with Crippen LogP contribution in [0.5, 0.6) is 0 Å². The molecular weight excluding hydrogens is 142 g/mol. The Bertz CT molecular complexity index is 91.3. The molecule has 0 aliphatic heterocycles. The van der Waals surface area contributed by atoms with Gasteiger partial charge in [0.25, 0.3) is 0 Å². The number of hydrogen-bond acceptors (Lipinski definition) is 2. The SMILES string of the molecule is CNC(CCS)C1CCC1. The lowest BCUT2D eigenvalue weighted by atomic mass is 9.79. The molecule has 0 heterocycles. The van der Waals surface area contributed by atoms with Gasteiger partial charge in [-0.3, -0.25) is 0 Å². The van der Waals surface area contributed by atoms with E-state index in [-0.39, 0.29) is 0 Å². The van der Waals surface area contributed by atoms with E-state index in [2.05, 4.69) is 25.0 Å². The van der Waals surface area contributed by atoms with Crippen LogP contribution in [0.1, 0.15) is 25.7 Å². The smallest absolute Gasteiger partial charge is 0.0100 e. The Labute approximate surface area is 69.0 Å². The Morgan fingerprint density at radius 2 is 2.30 bits per heavy atom. The quantitative estimate of drug-likeness (QED) is 0.595. The molecule has 0 aromatic heterocycles. The summed E-state index contributed by atoms with van der Waals surface area (Å²) in [5.74, 6) is 1.97. The highest BCUT2D eigenvalue weighted by atomic mass is 32.1. The van der Waals surface area contributed by atoms with Crippen LogP contribution in [0.2, 0.25) is 0 Å². The van der Waals surface area contributed by atoms with Crippen LogP contribution in [0.25, 0.3) is 0 Å². The van der Waals surface area contributed by atoms with E-state index < -0.39 is 0 Å². The third-order valence-electron chi connectivity index (χ3n) is 2.53. The van der Waals surface area contributed by atoms with Gasteiger partial charge in [-0.05, 0) is 38.0 Å². The lowest BCUT2D eigenvalue weighted by molar-refractivity contribution is 0.233. The van der Waals surface area contributed by atoms with Gasteiger partial charge < -0.3 is 5.32 Å². The summed E-state index contributed by atoms with van der Waals surface area (Å²) in [6.45, 7) is 0. The van der Waals surface area contributed by atoms with E-state index in [1.165, 1.54) is 25.7 Å². The zero-order chi connectivity index (χ0) is 7.40. The topological polar surface area (TPSA) is 12.0 Å². The molecule has 0 aromatic carbocycles. The molecule has 1 rings (SSSR count). The van der Waals surface area contributed by atoms with E-state index >= 15 is 0 Å². The molecule has 0 aromatic rings. The number of rotatable bonds is 4. The van der Waals surface area contributed by atoms with Crippen LogP contribution in [0.15, 0.2) is 0 Å². The maximum Gasteiger partial charge on any atom is 0.0100 e. The maximum absolute atomic E-state index is 4.23. The second kappa shape index (κ2) is 4.24. The molecule has 60 valence electrons. The van der Waals surface area contributed by atoms with Gasteiger partial charge in [-0.2, -0.15) is 12.6 Å². The van der Waals surface area contributed by atoms with E-state index in [4.69, 9.17) is 0 Å². The van der Waals surface area contributed by atoms with Crippen molar-refractivity contribution in [3.8, 4) is 0 Å². The zero-order valence-electron chi connectivity index (χ0n) is 6.64. The van der Waals surface area contributed by atoms with Gasteiger partial charge in [-0.1, -0.05) is 6.42 Å². The minimum absolute atomic E-state index is 0.742. The summed E-state index contributed by atoms with van der Waals surface area (Å²) < 4.78 is 0. The molecule has 1 nitrogen and oxygen atoms in total. The number of hydrogen-bond donors (Lipinski definition) is 2. The average molecular weight is 159 g/mol. The second-order valence-electron chi connectivity index (χ2n) is 3.10. The summed E-state index contributed by atoms with van der Waals surface area (Å²) in [7, 11) is 2.06. The lowest BCUT2D eigenvalue weighted by Crippen LogP contribution is -2.37. The Hall–Kier alpha value is 0.310. The summed E-state index contributed by atoms with van der Waals surface area (Å²) in [5, 5.41) is 3.36. The highest BCUT2D eigenvalue weighted by Gasteiger charge is 2.24. The van der Waals surface area contributed by atoms with Crippen LogP contribution in [-0.4, -0.2) is 18.8 Å². The molecule has 0 bridgehead atoms. The molecule has 0 radical (unpaired) electrons. The monoisotopic (exact) mass is 159 g/mol. The van der Waals surface area contributed by atoms with E-state index in [1.54, 1.807) is 0 Å². The van der Waals surface area contributed by atoms with Crippen molar-refractivity contribution >= 4 is 12.6 Å². The van der Waals surface area contributed by atoms with Crippen LogP contribution < -0.4 is 5.32 Å². The zero-order valence-corrected chi connectivity index (χ0v) is 7.53. The van der Waals surface area contributed by atoms with Crippen molar-refractivity contribution in [2.24, 2.45) is 5.92 Å². The molecule has 1 aliphatic rings. The fourth-order valence-electron chi connectivity index (χ4n) is 1.60. The third-order valence-corrected chi connectivity index (χ3v) is 2.79. The molecule has 0 amide bonds. The maximum atomic E-state index is 4.23. The first kappa shape index (κ1) is 8.41. The Kier molecular flexibility index (Phi) is 3.57. The van der Waals surface area contributed by atoms with Crippen LogP contribution in [-0.2, 0) is 0 Å². The summed E-state index contributed by atoms with van der Waals surface area (Å²) >= 11 is 4.23. The normalized spacial score (nSPS) is 22.2. The van der Waals surface area contributed by atoms with Gasteiger partial charge >= 0.3 is 0 Å². The second-order valence-corrected chi connectivity index (χ2v) is 3.55. The molecule has 1 saturated carbocycles. The fourth-order valence-corrected chi connectivity index (χ4v) is 1.88. The van der Waals surface area contributed by atoms with Gasteiger partial charge in [0, 0.05) is 6.04 Å². The van der Waals surface area contributed by atoms with E-state index in [9.17, 15) is 0 Å². The van der Waals surface area contributed by atoms with Gasteiger partial charge in [0.1, 0.15) is 0 Å². The van der Waals surface area contributed by atoms with Gasteiger partial charge in [0.2, 0.25) is 0 Å². The van der Waals surface area contributed by atoms with Crippen molar-refractivity contribution < 1.29 is 0 Å². The van der Waals surface area contributed by atoms with E-state index in [0.717, 1.165) is 17.7 Å². The minimum Gasteiger partial charge on any atom is -0.317 e.